The van der Waals surface area contributed by atoms with Gasteiger partial charge in [-0.3, -0.25) is 4.79 Å². The minimum atomic E-state index is -0.452. The fourth-order valence-corrected chi connectivity index (χ4v) is 3.47. The van der Waals surface area contributed by atoms with Gasteiger partial charge in [-0.2, -0.15) is 0 Å². The van der Waals surface area contributed by atoms with E-state index in [9.17, 15) is 9.59 Å². The fourth-order valence-electron chi connectivity index (χ4n) is 3.47. The first-order chi connectivity index (χ1) is 15.0. The molecule has 0 unspecified atom stereocenters. The molecule has 0 saturated carbocycles. The lowest BCUT2D eigenvalue weighted by Crippen LogP contribution is -2.14. The van der Waals surface area contributed by atoms with Gasteiger partial charge in [-0.05, 0) is 62.7 Å². The third kappa shape index (κ3) is 4.86. The average molecular weight is 418 g/mol. The minimum Gasteiger partial charge on any atom is -0.461 e. The van der Waals surface area contributed by atoms with E-state index >= 15 is 0 Å². The predicted octanol–water partition coefficient (Wildman–Crippen LogP) is 5.51. The van der Waals surface area contributed by atoms with Crippen LogP contribution in [-0.2, 0) is 11.3 Å². The van der Waals surface area contributed by atoms with Crippen LogP contribution >= 0.6 is 0 Å². The Morgan fingerprint density at radius 3 is 2.29 bits per heavy atom. The van der Waals surface area contributed by atoms with Crippen molar-refractivity contribution in [2.75, 3.05) is 11.9 Å². The topological polar surface area (TPSA) is 69.6 Å². The standard InChI is InChI=1S/C25H26N2O4/c1-5-16-27-18(4)22(17(3)23(27)25(29)30-6-2)24(28)26-19-12-14-21(15-13-19)31-20-10-8-7-9-11-20/h5,7-15H,1,6,16H2,2-4H3,(H,26,28). The third-order valence-corrected chi connectivity index (χ3v) is 4.87. The highest BCUT2D eigenvalue weighted by molar-refractivity contribution is 6.08. The summed E-state index contributed by atoms with van der Waals surface area (Å²) in [5.74, 6) is 0.658. The van der Waals surface area contributed by atoms with Crippen molar-refractivity contribution in [3.05, 3.63) is 89.8 Å². The number of aromatic nitrogens is 1. The Bertz CT molecular complexity index is 1080. The number of nitrogens with one attached hydrogen (secondary N) is 1. The Morgan fingerprint density at radius 1 is 1.03 bits per heavy atom. The summed E-state index contributed by atoms with van der Waals surface area (Å²) in [5, 5.41) is 2.90. The molecule has 0 saturated heterocycles. The number of rotatable bonds is 8. The molecule has 1 aromatic heterocycles. The second-order valence-electron chi connectivity index (χ2n) is 6.95. The number of ether oxygens (including phenoxy) is 2. The molecular formula is C25H26N2O4. The monoisotopic (exact) mass is 418 g/mol. The van der Waals surface area contributed by atoms with E-state index in [4.69, 9.17) is 9.47 Å². The van der Waals surface area contributed by atoms with Gasteiger partial charge in [-0.1, -0.05) is 24.3 Å². The first kappa shape index (κ1) is 21.9. The highest BCUT2D eigenvalue weighted by Crippen LogP contribution is 2.26. The Kier molecular flexibility index (Phi) is 6.92. The van der Waals surface area contributed by atoms with E-state index in [1.165, 1.54) is 0 Å². The normalized spacial score (nSPS) is 10.4. The van der Waals surface area contributed by atoms with Gasteiger partial charge in [-0.25, -0.2) is 4.79 Å². The summed E-state index contributed by atoms with van der Waals surface area (Å²) in [6.45, 7) is 9.72. The maximum absolute atomic E-state index is 13.0. The number of anilines is 1. The summed E-state index contributed by atoms with van der Waals surface area (Å²) >= 11 is 0. The SMILES string of the molecule is C=CCn1c(C)c(C(=O)Nc2ccc(Oc3ccccc3)cc2)c(C)c1C(=O)OCC. The molecule has 0 atom stereocenters. The van der Waals surface area contributed by atoms with Crippen LogP contribution in [-0.4, -0.2) is 23.1 Å². The number of carbonyl (C=O) groups is 2. The number of nitrogens with zero attached hydrogens (tertiary/aromatic N) is 1. The van der Waals surface area contributed by atoms with Gasteiger partial charge < -0.3 is 19.4 Å². The zero-order valence-corrected chi connectivity index (χ0v) is 18.0. The molecule has 1 N–H and O–H groups in total. The van der Waals surface area contributed by atoms with Crippen molar-refractivity contribution in [1.29, 1.82) is 0 Å². The number of allylic oxidation sites excluding steroid dienone is 1. The molecule has 0 aliphatic rings. The largest absolute Gasteiger partial charge is 0.461 e. The molecule has 3 aromatic rings. The molecule has 2 aromatic carbocycles. The molecule has 1 heterocycles. The lowest BCUT2D eigenvalue weighted by atomic mass is 10.1. The molecule has 3 rings (SSSR count). The summed E-state index contributed by atoms with van der Waals surface area (Å²) < 4.78 is 12.7. The predicted molar refractivity (Wildman–Crippen MR) is 121 cm³/mol. The molecule has 0 radical (unpaired) electrons. The van der Waals surface area contributed by atoms with E-state index < -0.39 is 5.97 Å². The van der Waals surface area contributed by atoms with Gasteiger partial charge in [0.15, 0.2) is 0 Å². The molecular weight excluding hydrogens is 392 g/mol. The Morgan fingerprint density at radius 2 is 1.68 bits per heavy atom. The van der Waals surface area contributed by atoms with E-state index in [0.717, 1.165) is 5.75 Å². The van der Waals surface area contributed by atoms with Crippen molar-refractivity contribution in [2.24, 2.45) is 0 Å². The lowest BCUT2D eigenvalue weighted by Gasteiger charge is -2.09. The van der Waals surface area contributed by atoms with Crippen molar-refractivity contribution in [3.63, 3.8) is 0 Å². The molecule has 160 valence electrons. The molecule has 0 spiro atoms. The number of amides is 1. The van der Waals surface area contributed by atoms with Crippen molar-refractivity contribution in [2.45, 2.75) is 27.3 Å². The quantitative estimate of drug-likeness (QED) is 0.387. The van der Waals surface area contributed by atoms with E-state index in [0.29, 0.717) is 40.5 Å². The number of carbonyl (C=O) groups excluding carboxylic acids is 2. The van der Waals surface area contributed by atoms with Crippen LogP contribution in [0.4, 0.5) is 5.69 Å². The summed E-state index contributed by atoms with van der Waals surface area (Å²) in [5.41, 5.74) is 2.71. The number of hydrogen-bond acceptors (Lipinski definition) is 4. The van der Waals surface area contributed by atoms with Crippen LogP contribution in [0.2, 0.25) is 0 Å². The highest BCUT2D eigenvalue weighted by atomic mass is 16.5. The van der Waals surface area contributed by atoms with Crippen molar-refractivity contribution >= 4 is 17.6 Å². The smallest absolute Gasteiger partial charge is 0.355 e. The fraction of sp³-hybridized carbons (Fsp3) is 0.200. The van der Waals surface area contributed by atoms with Gasteiger partial charge in [-0.15, -0.1) is 6.58 Å². The number of hydrogen-bond donors (Lipinski definition) is 1. The van der Waals surface area contributed by atoms with E-state index in [-0.39, 0.29) is 12.5 Å². The molecule has 0 fully saturated rings. The first-order valence-electron chi connectivity index (χ1n) is 10.1. The molecule has 0 aliphatic heterocycles. The molecule has 0 bridgehead atoms. The van der Waals surface area contributed by atoms with Gasteiger partial charge in [0.25, 0.3) is 5.91 Å². The molecule has 0 aliphatic carbocycles. The van der Waals surface area contributed by atoms with Gasteiger partial charge in [0.1, 0.15) is 17.2 Å². The molecule has 31 heavy (non-hydrogen) atoms. The van der Waals surface area contributed by atoms with Crippen LogP contribution in [0.15, 0.2) is 67.3 Å². The molecule has 6 nitrogen and oxygen atoms in total. The van der Waals surface area contributed by atoms with Crippen LogP contribution in [0.5, 0.6) is 11.5 Å². The second-order valence-corrected chi connectivity index (χ2v) is 6.95. The maximum atomic E-state index is 13.0. The second kappa shape index (κ2) is 9.80. The molecule has 6 heteroatoms. The van der Waals surface area contributed by atoms with Crippen molar-refractivity contribution < 1.29 is 19.1 Å². The Hall–Kier alpha value is -3.80. The van der Waals surface area contributed by atoms with Crippen LogP contribution in [0.25, 0.3) is 0 Å². The molecule has 1 amide bonds. The van der Waals surface area contributed by atoms with E-state index in [2.05, 4.69) is 11.9 Å². The van der Waals surface area contributed by atoms with Gasteiger partial charge >= 0.3 is 5.97 Å². The van der Waals surface area contributed by atoms with Gasteiger partial charge in [0.05, 0.1) is 12.2 Å². The van der Waals surface area contributed by atoms with Crippen LogP contribution in [0, 0.1) is 13.8 Å². The van der Waals surface area contributed by atoms with Crippen LogP contribution < -0.4 is 10.1 Å². The Labute approximate surface area is 182 Å². The van der Waals surface area contributed by atoms with Crippen LogP contribution in [0.1, 0.15) is 39.0 Å². The number of benzene rings is 2. The lowest BCUT2D eigenvalue weighted by molar-refractivity contribution is 0.0513. The highest BCUT2D eigenvalue weighted by Gasteiger charge is 2.26. The number of esters is 1. The van der Waals surface area contributed by atoms with Gasteiger partial charge in [0.2, 0.25) is 0 Å². The average Bonchev–Trinajstić information content (AvgIpc) is 3.00. The zero-order valence-electron chi connectivity index (χ0n) is 18.0. The van der Waals surface area contributed by atoms with Crippen molar-refractivity contribution in [3.8, 4) is 11.5 Å². The summed E-state index contributed by atoms with van der Waals surface area (Å²) in [6.07, 6.45) is 1.68. The zero-order chi connectivity index (χ0) is 22.4. The van der Waals surface area contributed by atoms with E-state index in [1.54, 1.807) is 48.8 Å². The maximum Gasteiger partial charge on any atom is 0.355 e. The van der Waals surface area contributed by atoms with E-state index in [1.807, 2.05) is 37.3 Å². The summed E-state index contributed by atoms with van der Waals surface area (Å²) in [7, 11) is 0. The summed E-state index contributed by atoms with van der Waals surface area (Å²) in [6, 6.07) is 16.6. The Balaban J connectivity index is 1.82. The van der Waals surface area contributed by atoms with Gasteiger partial charge in [0, 0.05) is 17.9 Å². The van der Waals surface area contributed by atoms with Crippen molar-refractivity contribution in [1.82, 2.24) is 4.57 Å². The first-order valence-corrected chi connectivity index (χ1v) is 10.1. The summed E-state index contributed by atoms with van der Waals surface area (Å²) in [4.78, 5) is 25.5. The number of para-hydroxylation sites is 1. The third-order valence-electron chi connectivity index (χ3n) is 4.87. The van der Waals surface area contributed by atoms with Crippen LogP contribution in [0.3, 0.4) is 0 Å². The minimum absolute atomic E-state index is 0.259.